The summed E-state index contributed by atoms with van der Waals surface area (Å²) in [5, 5.41) is 22.2. The number of halogens is 1. The zero-order chi connectivity index (χ0) is 30.8. The number of carbonyl (C=O) groups is 3. The second-order valence-corrected chi connectivity index (χ2v) is 14.7. The van der Waals surface area contributed by atoms with Crippen LogP contribution in [0, 0.1) is 22.7 Å². The molecule has 2 aromatic rings. The van der Waals surface area contributed by atoms with Crippen LogP contribution in [0.15, 0.2) is 87.0 Å². The van der Waals surface area contributed by atoms with Gasteiger partial charge in [0.1, 0.15) is 0 Å². The number of hydrogen-bond acceptors (Lipinski definition) is 7. The summed E-state index contributed by atoms with van der Waals surface area (Å²) >= 11 is 3.21. The minimum atomic E-state index is -2.08. The fourth-order valence-electron chi connectivity index (χ4n) is 8.44. The van der Waals surface area contributed by atoms with Crippen LogP contribution in [0.1, 0.15) is 56.3 Å². The first kappa shape index (κ1) is 30.2. The van der Waals surface area contributed by atoms with Crippen LogP contribution < -0.4 is 0 Å². The first-order valence-corrected chi connectivity index (χ1v) is 16.6. The van der Waals surface area contributed by atoms with E-state index in [9.17, 15) is 24.6 Å². The van der Waals surface area contributed by atoms with E-state index in [4.69, 9.17) is 4.74 Å². The second kappa shape index (κ2) is 10.6. The molecule has 0 radical (unpaired) electrons. The Morgan fingerprint density at radius 3 is 2.44 bits per heavy atom. The zero-order valence-electron chi connectivity index (χ0n) is 24.3. The highest BCUT2D eigenvalue weighted by Crippen LogP contribution is 2.70. The molecule has 9 heteroatoms. The van der Waals surface area contributed by atoms with Gasteiger partial charge in [0.25, 0.3) is 0 Å². The molecule has 4 aliphatic carbocycles. The van der Waals surface area contributed by atoms with Crippen LogP contribution in [0.4, 0.5) is 4.39 Å². The van der Waals surface area contributed by atoms with Gasteiger partial charge in [-0.1, -0.05) is 36.4 Å². The summed E-state index contributed by atoms with van der Waals surface area (Å²) in [6.45, 7) is 3.45. The van der Waals surface area contributed by atoms with Crippen molar-refractivity contribution in [2.45, 2.75) is 78.0 Å². The molecule has 6 nitrogen and oxygen atoms in total. The third kappa shape index (κ3) is 4.45. The van der Waals surface area contributed by atoms with Crippen molar-refractivity contribution in [1.82, 2.24) is 0 Å². The molecule has 4 aliphatic rings. The molecule has 7 atom stereocenters. The van der Waals surface area contributed by atoms with Crippen molar-refractivity contribution in [3.8, 4) is 0 Å². The standard InChI is InChI=1S/C34H35FO6S2/c1-31-15-13-22(36)17-21(31)9-12-27-26-14-16-33(30(39)40,32(26,2)19-28(37)34(27,31)35)41-29(38)20-7-10-23(11-8-20)43-25-6-4-5-24(18-25)42-3/h4-8,10-11,13,15,17-18,26-28,37H,9,12,14,16,19H2,1-3H3,(H,39,40)/t26-,27-,28-,31-,32-,33-,34-/m0/s1. The quantitative estimate of drug-likeness (QED) is 0.265. The van der Waals surface area contributed by atoms with Gasteiger partial charge in [0.15, 0.2) is 11.5 Å². The Bertz CT molecular complexity index is 1550. The van der Waals surface area contributed by atoms with Gasteiger partial charge in [-0.25, -0.2) is 14.0 Å². The van der Waals surface area contributed by atoms with Crippen LogP contribution in [0.25, 0.3) is 0 Å². The van der Waals surface area contributed by atoms with E-state index in [0.29, 0.717) is 24.8 Å². The van der Waals surface area contributed by atoms with Crippen LogP contribution in [0.3, 0.4) is 0 Å². The average molecular weight is 623 g/mol. The maximum Gasteiger partial charge on any atom is 0.348 e. The molecule has 3 fully saturated rings. The molecule has 0 spiro atoms. The molecule has 43 heavy (non-hydrogen) atoms. The highest BCUT2D eigenvalue weighted by Gasteiger charge is 2.76. The summed E-state index contributed by atoms with van der Waals surface area (Å²) in [6, 6.07) is 15.0. The van der Waals surface area contributed by atoms with Gasteiger partial charge in [0, 0.05) is 31.4 Å². The Morgan fingerprint density at radius 2 is 1.74 bits per heavy atom. The van der Waals surface area contributed by atoms with Gasteiger partial charge in [-0.2, -0.15) is 0 Å². The van der Waals surface area contributed by atoms with Gasteiger partial charge >= 0.3 is 11.9 Å². The van der Waals surface area contributed by atoms with E-state index in [0.717, 1.165) is 14.7 Å². The fraction of sp³-hybridized carbons (Fsp3) is 0.441. The largest absolute Gasteiger partial charge is 0.478 e. The molecular formula is C34H35FO6S2. The molecule has 226 valence electrons. The molecule has 2 N–H and O–H groups in total. The Labute approximate surface area is 259 Å². The molecule has 0 bridgehead atoms. The maximum atomic E-state index is 17.4. The molecule has 0 aliphatic heterocycles. The van der Waals surface area contributed by atoms with Crippen molar-refractivity contribution in [3.63, 3.8) is 0 Å². The Balaban J connectivity index is 1.26. The number of benzene rings is 2. The van der Waals surface area contributed by atoms with Crippen molar-refractivity contribution in [1.29, 1.82) is 0 Å². The first-order valence-electron chi connectivity index (χ1n) is 14.6. The minimum Gasteiger partial charge on any atom is -0.478 e. The van der Waals surface area contributed by atoms with Crippen molar-refractivity contribution in [3.05, 3.63) is 77.9 Å². The number of hydrogen-bond donors (Lipinski definition) is 2. The number of alkyl halides is 1. The highest BCUT2D eigenvalue weighted by atomic mass is 32.2. The summed E-state index contributed by atoms with van der Waals surface area (Å²) in [5.41, 5.74) is -5.49. The predicted molar refractivity (Wildman–Crippen MR) is 163 cm³/mol. The molecule has 0 saturated heterocycles. The molecule has 0 unspecified atom stereocenters. The van der Waals surface area contributed by atoms with Crippen LogP contribution >= 0.6 is 23.5 Å². The van der Waals surface area contributed by atoms with Gasteiger partial charge in [-0.15, -0.1) is 11.8 Å². The van der Waals surface area contributed by atoms with E-state index >= 15 is 4.39 Å². The number of carbonyl (C=O) groups excluding carboxylic acids is 2. The third-order valence-electron chi connectivity index (χ3n) is 10.7. The number of aliphatic carboxylic acids is 1. The van der Waals surface area contributed by atoms with Gasteiger partial charge in [-0.05, 0) is 106 Å². The molecule has 0 aromatic heterocycles. The first-order chi connectivity index (χ1) is 20.4. The lowest BCUT2D eigenvalue weighted by Crippen LogP contribution is -2.69. The average Bonchev–Trinajstić information content (AvgIpc) is 3.27. The van der Waals surface area contributed by atoms with E-state index in [1.807, 2.05) is 24.5 Å². The van der Waals surface area contributed by atoms with Crippen LogP contribution in [0.2, 0.25) is 0 Å². The number of carboxylic acid groups (broad SMARTS) is 1. The molecule has 0 amide bonds. The van der Waals surface area contributed by atoms with Gasteiger partial charge in [0.2, 0.25) is 5.60 Å². The number of carboxylic acids is 1. The third-order valence-corrected chi connectivity index (χ3v) is 12.5. The maximum absolute atomic E-state index is 17.4. The van der Waals surface area contributed by atoms with Gasteiger partial charge in [0.05, 0.1) is 11.7 Å². The highest BCUT2D eigenvalue weighted by molar-refractivity contribution is 7.99. The second-order valence-electron chi connectivity index (χ2n) is 12.6. The number of esters is 1. The zero-order valence-corrected chi connectivity index (χ0v) is 26.0. The van der Waals surface area contributed by atoms with Gasteiger partial charge < -0.3 is 14.9 Å². The van der Waals surface area contributed by atoms with Crippen LogP contribution in [0.5, 0.6) is 0 Å². The summed E-state index contributed by atoms with van der Waals surface area (Å²) in [7, 11) is 0. The summed E-state index contributed by atoms with van der Waals surface area (Å²) in [4.78, 5) is 41.7. The number of thioether (sulfide) groups is 1. The smallest absolute Gasteiger partial charge is 0.348 e. The molecule has 0 heterocycles. The minimum absolute atomic E-state index is 0.0298. The SMILES string of the molecule is CSc1cccc(Sc2ccc(C(=O)O[C@]3(C(=O)O)CC[C@H]4[C@@H]5CCC6=CC(=O)C=C[C@]6(C)[C@@]5(F)[C@@H](O)C[C@@]43C)cc2)c1. The molecule has 6 rings (SSSR count). The van der Waals surface area contributed by atoms with Gasteiger partial charge in [-0.3, -0.25) is 4.79 Å². The number of ether oxygens (including phenoxy) is 1. The predicted octanol–water partition coefficient (Wildman–Crippen LogP) is 6.91. The van der Waals surface area contributed by atoms with E-state index < -0.39 is 52.0 Å². The number of rotatable bonds is 6. The lowest BCUT2D eigenvalue weighted by atomic mass is 9.45. The van der Waals surface area contributed by atoms with E-state index in [2.05, 4.69) is 6.07 Å². The number of fused-ring (bicyclic) bond motifs is 5. The topological polar surface area (TPSA) is 101 Å². The number of aliphatic hydroxyl groups excluding tert-OH is 1. The van der Waals surface area contributed by atoms with E-state index in [1.165, 1.54) is 12.2 Å². The van der Waals surface area contributed by atoms with Crippen molar-refractivity contribution >= 4 is 41.2 Å². The van der Waals surface area contributed by atoms with E-state index in [-0.39, 0.29) is 24.2 Å². The Hall–Kier alpha value is -2.88. The Morgan fingerprint density at radius 1 is 1.02 bits per heavy atom. The number of aliphatic hydroxyl groups is 1. The normalized spacial score (nSPS) is 36.3. The monoisotopic (exact) mass is 622 g/mol. The van der Waals surface area contributed by atoms with Crippen molar-refractivity contribution in [2.24, 2.45) is 22.7 Å². The van der Waals surface area contributed by atoms with Crippen LogP contribution in [-0.2, 0) is 14.3 Å². The van der Waals surface area contributed by atoms with Crippen LogP contribution in [-0.4, -0.2) is 51.6 Å². The molecule has 2 aromatic carbocycles. The number of ketones is 1. The summed E-state index contributed by atoms with van der Waals surface area (Å²) in [6.07, 6.45) is 5.96. The van der Waals surface area contributed by atoms with E-state index in [1.54, 1.807) is 67.7 Å². The Kier molecular flexibility index (Phi) is 7.46. The number of allylic oxidation sites excluding steroid dienone is 4. The molecular weight excluding hydrogens is 588 g/mol. The fourth-order valence-corrected chi connectivity index (χ4v) is 9.85. The molecule has 3 saturated carbocycles. The van der Waals surface area contributed by atoms with Crippen molar-refractivity contribution < 1.29 is 33.7 Å². The lowest BCUT2D eigenvalue weighted by molar-refractivity contribution is -0.222. The summed E-state index contributed by atoms with van der Waals surface area (Å²) < 4.78 is 23.3. The summed E-state index contributed by atoms with van der Waals surface area (Å²) in [5.74, 6) is -3.34. The lowest BCUT2D eigenvalue weighted by Gasteiger charge is -2.62. The van der Waals surface area contributed by atoms with Crippen molar-refractivity contribution in [2.75, 3.05) is 6.26 Å².